The molecule has 0 aliphatic heterocycles. The van der Waals surface area contributed by atoms with Gasteiger partial charge in [0.15, 0.2) is 0 Å². The first-order valence-electron chi connectivity index (χ1n) is 8.95. The van der Waals surface area contributed by atoms with Crippen LogP contribution >= 0.6 is 7.82 Å². The van der Waals surface area contributed by atoms with E-state index in [4.69, 9.17) is 19.2 Å². The smallest absolute Gasteiger partial charge is 0.790 e. The van der Waals surface area contributed by atoms with Crippen molar-refractivity contribution in [2.75, 3.05) is 0 Å². The maximum Gasteiger partial charge on any atom is 1.00 e. The first-order chi connectivity index (χ1) is 10.4. The first kappa shape index (κ1) is 29.5. The molecule has 0 aromatic heterocycles. The van der Waals surface area contributed by atoms with Crippen LogP contribution in [-0.2, 0) is 22.9 Å². The van der Waals surface area contributed by atoms with Crippen LogP contribution in [-0.4, -0.2) is 4.89 Å². The van der Waals surface area contributed by atoms with Crippen LogP contribution in [0.3, 0.4) is 0 Å². The fourth-order valence-electron chi connectivity index (χ4n) is 2.37. The molecular formula is C16H34NaO4PZn. The second-order valence-electron chi connectivity index (χ2n) is 5.92. The molecule has 0 atom stereocenters. The number of phosphoric acid groups is 1. The van der Waals surface area contributed by atoms with Gasteiger partial charge in [0.2, 0.25) is 0 Å². The minimum Gasteiger partial charge on any atom is -0.790 e. The van der Waals surface area contributed by atoms with Crippen LogP contribution in [0.5, 0.6) is 0 Å². The summed E-state index contributed by atoms with van der Waals surface area (Å²) in [5.41, 5.74) is 0. The van der Waals surface area contributed by atoms with Crippen molar-refractivity contribution in [3.63, 3.8) is 0 Å². The van der Waals surface area contributed by atoms with E-state index in [9.17, 15) is 0 Å². The van der Waals surface area contributed by atoms with E-state index in [2.05, 4.69) is 6.92 Å². The van der Waals surface area contributed by atoms with Crippen LogP contribution < -0.4 is 39.3 Å². The van der Waals surface area contributed by atoms with E-state index in [0.29, 0.717) is 0 Å². The van der Waals surface area contributed by atoms with Crippen LogP contribution in [0.25, 0.3) is 0 Å². The number of hydrogen-bond donors (Lipinski definition) is 1. The molecule has 0 amide bonds. The maximum absolute atomic E-state index is 8.66. The van der Waals surface area contributed by atoms with Gasteiger partial charge in [0.1, 0.15) is 0 Å². The van der Waals surface area contributed by atoms with Gasteiger partial charge in [-0.15, -0.1) is 0 Å². The van der Waals surface area contributed by atoms with Gasteiger partial charge >= 0.3 is 124 Å². The Morgan fingerprint density at radius 1 is 0.739 bits per heavy atom. The third-order valence-electron chi connectivity index (χ3n) is 3.60. The molecule has 0 bridgehead atoms. The van der Waals surface area contributed by atoms with E-state index in [1.165, 1.54) is 113 Å². The molecule has 0 rings (SSSR count). The average Bonchev–Trinajstić information content (AvgIpc) is 2.42. The van der Waals surface area contributed by atoms with Gasteiger partial charge in [-0.2, -0.15) is 0 Å². The molecule has 0 spiro atoms. The van der Waals surface area contributed by atoms with Crippen LogP contribution in [0.4, 0.5) is 0 Å². The monoisotopic (exact) mass is 408 g/mol. The maximum atomic E-state index is 8.66. The molecule has 0 aromatic rings. The van der Waals surface area contributed by atoms with E-state index < -0.39 is 7.82 Å². The molecule has 0 aliphatic rings. The molecule has 0 fully saturated rings. The molecule has 0 saturated carbocycles. The zero-order valence-corrected chi connectivity index (χ0v) is 21.3. The summed E-state index contributed by atoms with van der Waals surface area (Å²) in [6, 6.07) is 0. The Hall–Kier alpha value is 1.73. The molecule has 23 heavy (non-hydrogen) atoms. The quantitative estimate of drug-likeness (QED) is 0.266. The summed E-state index contributed by atoms with van der Waals surface area (Å²) < 4.78 is 8.66. The zero-order chi connectivity index (χ0) is 17.1. The first-order valence-corrected chi connectivity index (χ1v) is 12.5. The van der Waals surface area contributed by atoms with E-state index in [1.54, 1.807) is 0 Å². The van der Waals surface area contributed by atoms with Gasteiger partial charge in [-0.3, -0.25) is 0 Å². The molecule has 0 unspecified atom stereocenters. The molecule has 0 aliphatic carbocycles. The molecular weight excluding hydrogens is 376 g/mol. The number of hydrogen-bond acceptors (Lipinski definition) is 3. The summed E-state index contributed by atoms with van der Waals surface area (Å²) in [5.74, 6) is 0. The van der Waals surface area contributed by atoms with Crippen molar-refractivity contribution in [3.8, 4) is 0 Å². The van der Waals surface area contributed by atoms with Crippen molar-refractivity contribution in [1.29, 1.82) is 0 Å². The standard InChI is InChI=1S/C16H33.Na.H3O4P.Zn/c1-3-5-7-9-11-13-15-16-14-12-10-8-6-4-2;;1-5(2,3)4;/h1,3-16H2,2H3;;(H3,1,2,3,4);/q;+1;;+1/p-2. The third kappa shape index (κ3) is 45.3. The molecule has 0 aromatic carbocycles. The second-order valence-corrected chi connectivity index (χ2v) is 8.34. The van der Waals surface area contributed by atoms with Gasteiger partial charge < -0.3 is 19.2 Å². The van der Waals surface area contributed by atoms with Crippen LogP contribution in [0.2, 0.25) is 5.02 Å². The van der Waals surface area contributed by atoms with Crippen molar-refractivity contribution in [3.05, 3.63) is 0 Å². The Morgan fingerprint density at radius 2 is 0.957 bits per heavy atom. The van der Waals surface area contributed by atoms with Crippen LogP contribution in [0.15, 0.2) is 0 Å². The van der Waals surface area contributed by atoms with E-state index in [-0.39, 0.29) is 29.6 Å². The Bertz CT molecular complexity index is 230. The summed E-state index contributed by atoms with van der Waals surface area (Å²) >= 11 is 1.50. The molecule has 7 heteroatoms. The molecule has 1 N–H and O–H groups in total. The number of unbranched alkanes of at least 4 members (excludes halogenated alkanes) is 13. The van der Waals surface area contributed by atoms with Crippen molar-refractivity contribution < 1.29 is 67.1 Å². The van der Waals surface area contributed by atoms with E-state index in [1.807, 2.05) is 0 Å². The summed E-state index contributed by atoms with van der Waals surface area (Å²) in [6.45, 7) is 2.29. The Balaban J connectivity index is -0.000000578. The summed E-state index contributed by atoms with van der Waals surface area (Å²) in [4.78, 5) is 24.3. The predicted octanol–water partition coefficient (Wildman–Crippen LogP) is 1.24. The third-order valence-corrected chi connectivity index (χ3v) is 4.65. The van der Waals surface area contributed by atoms with Crippen LogP contribution in [0, 0.1) is 0 Å². The van der Waals surface area contributed by atoms with Crippen molar-refractivity contribution in [1.82, 2.24) is 0 Å². The summed E-state index contributed by atoms with van der Waals surface area (Å²) in [7, 11) is -5.14. The van der Waals surface area contributed by atoms with Crippen LogP contribution in [0.1, 0.15) is 96.8 Å². The SMILES string of the molecule is CCCCCCCCCCCCCCC[CH2][Zn+].O=P([O-])([O-])O.[Na+]. The Kier molecular flexibility index (Phi) is 30.4. The molecule has 130 valence electrons. The van der Waals surface area contributed by atoms with Gasteiger partial charge in [-0.25, -0.2) is 0 Å². The van der Waals surface area contributed by atoms with Crippen molar-refractivity contribution >= 4 is 7.82 Å². The average molecular weight is 410 g/mol. The summed E-state index contributed by atoms with van der Waals surface area (Å²) in [6.07, 6.45) is 20.7. The van der Waals surface area contributed by atoms with Crippen molar-refractivity contribution in [2.45, 2.75) is 102 Å². The fourth-order valence-corrected chi connectivity index (χ4v) is 3.11. The van der Waals surface area contributed by atoms with E-state index in [0.717, 1.165) is 0 Å². The van der Waals surface area contributed by atoms with Gasteiger partial charge in [-0.05, 0) is 0 Å². The minimum absolute atomic E-state index is 0. The van der Waals surface area contributed by atoms with Gasteiger partial charge in [-0.1, -0.05) is 26.2 Å². The Morgan fingerprint density at radius 3 is 1.17 bits per heavy atom. The molecule has 0 heterocycles. The molecule has 0 radical (unpaired) electrons. The largest absolute Gasteiger partial charge is 1.00 e. The second kappa shape index (κ2) is 23.7. The fraction of sp³-hybridized carbons (Fsp3) is 1.00. The topological polar surface area (TPSA) is 83.4 Å². The van der Waals surface area contributed by atoms with Crippen molar-refractivity contribution in [2.24, 2.45) is 0 Å². The zero-order valence-electron chi connectivity index (χ0n) is 15.4. The predicted molar refractivity (Wildman–Crippen MR) is 84.9 cm³/mol. The normalized spacial score (nSPS) is 10.7. The number of rotatable bonds is 14. The van der Waals surface area contributed by atoms with Gasteiger partial charge in [0, 0.05) is 0 Å². The molecule has 0 saturated heterocycles. The minimum atomic E-state index is -5.14. The summed E-state index contributed by atoms with van der Waals surface area (Å²) in [5, 5.41) is 1.50. The molecule has 4 nitrogen and oxygen atoms in total. The van der Waals surface area contributed by atoms with E-state index >= 15 is 0 Å². The van der Waals surface area contributed by atoms with Gasteiger partial charge in [0.05, 0.1) is 7.82 Å². The Labute approximate surface area is 175 Å². The van der Waals surface area contributed by atoms with Gasteiger partial charge in [0.25, 0.3) is 0 Å².